The Hall–Kier alpha value is -2.04. The van der Waals surface area contributed by atoms with Gasteiger partial charge in [-0.25, -0.2) is 0 Å². The van der Waals surface area contributed by atoms with E-state index in [1.807, 2.05) is 42.5 Å². The lowest BCUT2D eigenvalue weighted by atomic mass is 9.99. The molecular weight excluding hydrogens is 336 g/mol. The number of rotatable bonds is 8. The third-order valence-corrected chi connectivity index (χ3v) is 3.89. The van der Waals surface area contributed by atoms with Crippen molar-refractivity contribution in [2.24, 2.45) is 5.73 Å². The number of halogens is 1. The highest BCUT2D eigenvalue weighted by Gasteiger charge is 2.09. The Kier molecular flexibility index (Phi) is 9.03. The molecule has 1 unspecified atom stereocenters. The molecule has 5 heteroatoms. The lowest BCUT2D eigenvalue weighted by Crippen LogP contribution is -2.32. The summed E-state index contributed by atoms with van der Waals surface area (Å²) >= 11 is 0. The summed E-state index contributed by atoms with van der Waals surface area (Å²) in [6.45, 7) is 5.10. The molecule has 0 bridgehead atoms. The van der Waals surface area contributed by atoms with Gasteiger partial charge in [-0.1, -0.05) is 56.3 Å². The fourth-order valence-corrected chi connectivity index (χ4v) is 2.34. The van der Waals surface area contributed by atoms with Crippen LogP contribution >= 0.6 is 12.4 Å². The molecule has 0 aliphatic heterocycles. The van der Waals surface area contributed by atoms with E-state index in [4.69, 9.17) is 10.5 Å². The van der Waals surface area contributed by atoms with E-state index >= 15 is 0 Å². The first-order valence-corrected chi connectivity index (χ1v) is 8.36. The van der Waals surface area contributed by atoms with Crippen molar-refractivity contribution in [1.29, 1.82) is 0 Å². The van der Waals surface area contributed by atoms with Crippen LogP contribution in [0.2, 0.25) is 0 Å². The van der Waals surface area contributed by atoms with Crippen molar-refractivity contribution in [2.45, 2.75) is 32.2 Å². The van der Waals surface area contributed by atoms with Crippen LogP contribution in [0.1, 0.15) is 43.4 Å². The molecule has 0 saturated carbocycles. The molecule has 2 aromatic carbocycles. The normalized spacial score (nSPS) is 11.5. The van der Waals surface area contributed by atoms with E-state index in [2.05, 4.69) is 31.3 Å². The van der Waals surface area contributed by atoms with Gasteiger partial charge in [0.25, 0.3) is 0 Å². The molecule has 4 nitrogen and oxygen atoms in total. The number of benzene rings is 2. The molecule has 25 heavy (non-hydrogen) atoms. The summed E-state index contributed by atoms with van der Waals surface area (Å²) in [5, 5.41) is 2.86. The summed E-state index contributed by atoms with van der Waals surface area (Å²) in [5.74, 6) is 1.21. The summed E-state index contributed by atoms with van der Waals surface area (Å²) in [6.07, 6.45) is 0.313. The Morgan fingerprint density at radius 3 is 2.24 bits per heavy atom. The maximum atomic E-state index is 11.9. The zero-order valence-electron chi connectivity index (χ0n) is 14.8. The van der Waals surface area contributed by atoms with Gasteiger partial charge in [0.15, 0.2) is 0 Å². The summed E-state index contributed by atoms with van der Waals surface area (Å²) < 4.78 is 5.51. The van der Waals surface area contributed by atoms with Crippen LogP contribution in [0.5, 0.6) is 5.75 Å². The number of para-hydroxylation sites is 1. The predicted molar refractivity (Wildman–Crippen MR) is 104 cm³/mol. The molecule has 2 rings (SSSR count). The van der Waals surface area contributed by atoms with Crippen molar-refractivity contribution in [3.8, 4) is 5.75 Å². The fraction of sp³-hybridized carbons (Fsp3) is 0.350. The molecular formula is C20H27ClN2O2. The van der Waals surface area contributed by atoms with E-state index in [9.17, 15) is 4.79 Å². The van der Waals surface area contributed by atoms with Crippen LogP contribution < -0.4 is 15.8 Å². The van der Waals surface area contributed by atoms with Gasteiger partial charge in [-0.2, -0.15) is 0 Å². The van der Waals surface area contributed by atoms with Crippen molar-refractivity contribution in [1.82, 2.24) is 5.32 Å². The Morgan fingerprint density at radius 2 is 1.64 bits per heavy atom. The van der Waals surface area contributed by atoms with Crippen LogP contribution in [-0.2, 0) is 4.79 Å². The molecule has 3 N–H and O–H groups in total. The highest BCUT2D eigenvalue weighted by Crippen LogP contribution is 2.17. The largest absolute Gasteiger partial charge is 0.493 e. The molecule has 0 aliphatic carbocycles. The van der Waals surface area contributed by atoms with E-state index in [1.54, 1.807) is 0 Å². The number of ether oxygens (including phenoxy) is 1. The van der Waals surface area contributed by atoms with Gasteiger partial charge in [0, 0.05) is 12.6 Å². The second-order valence-corrected chi connectivity index (χ2v) is 6.14. The number of hydrogen-bond donors (Lipinski definition) is 2. The Balaban J connectivity index is 0.00000312. The number of nitrogens with one attached hydrogen (secondary N) is 1. The van der Waals surface area contributed by atoms with Gasteiger partial charge in [0.05, 0.1) is 13.0 Å². The second-order valence-electron chi connectivity index (χ2n) is 6.14. The van der Waals surface area contributed by atoms with Crippen LogP contribution in [0.15, 0.2) is 54.6 Å². The van der Waals surface area contributed by atoms with Crippen molar-refractivity contribution in [3.05, 3.63) is 65.7 Å². The molecule has 0 saturated heterocycles. The number of carbonyl (C=O) groups excluding carboxylic acids is 1. The summed E-state index contributed by atoms with van der Waals surface area (Å²) in [7, 11) is 0. The number of amides is 1. The molecule has 0 spiro atoms. The SMILES string of the molecule is CC(C)c1ccc(C(N)CNC(=O)CCOc2ccccc2)cc1.Cl. The monoisotopic (exact) mass is 362 g/mol. The van der Waals surface area contributed by atoms with Crippen molar-refractivity contribution >= 4 is 18.3 Å². The average Bonchev–Trinajstić information content (AvgIpc) is 2.60. The Labute approximate surface area is 156 Å². The van der Waals surface area contributed by atoms with E-state index in [1.165, 1.54) is 5.56 Å². The maximum Gasteiger partial charge on any atom is 0.223 e. The zero-order valence-corrected chi connectivity index (χ0v) is 15.6. The minimum atomic E-state index is -0.204. The van der Waals surface area contributed by atoms with Crippen LogP contribution in [0.4, 0.5) is 0 Å². The van der Waals surface area contributed by atoms with Crippen molar-refractivity contribution < 1.29 is 9.53 Å². The molecule has 0 radical (unpaired) electrons. The highest BCUT2D eigenvalue weighted by molar-refractivity contribution is 5.85. The molecule has 1 amide bonds. The molecule has 0 aliphatic rings. The third kappa shape index (κ3) is 7.16. The highest BCUT2D eigenvalue weighted by atomic mass is 35.5. The van der Waals surface area contributed by atoms with Gasteiger partial charge in [-0.3, -0.25) is 4.79 Å². The van der Waals surface area contributed by atoms with Crippen LogP contribution in [-0.4, -0.2) is 19.1 Å². The molecule has 0 aromatic heterocycles. The van der Waals surface area contributed by atoms with Crippen molar-refractivity contribution in [2.75, 3.05) is 13.2 Å². The van der Waals surface area contributed by atoms with Gasteiger partial charge in [0.1, 0.15) is 5.75 Å². The van der Waals surface area contributed by atoms with Gasteiger partial charge in [-0.05, 0) is 29.2 Å². The minimum absolute atomic E-state index is 0. The quantitative estimate of drug-likeness (QED) is 0.750. The van der Waals surface area contributed by atoms with Gasteiger partial charge in [-0.15, -0.1) is 12.4 Å². The van der Waals surface area contributed by atoms with E-state index < -0.39 is 0 Å². The fourth-order valence-electron chi connectivity index (χ4n) is 2.34. The van der Waals surface area contributed by atoms with E-state index in [-0.39, 0.29) is 24.4 Å². The molecule has 1 atom stereocenters. The summed E-state index contributed by atoms with van der Waals surface area (Å²) in [6, 6.07) is 17.5. The van der Waals surface area contributed by atoms with Crippen LogP contribution in [0.25, 0.3) is 0 Å². The number of nitrogens with two attached hydrogens (primary N) is 1. The number of hydrogen-bond acceptors (Lipinski definition) is 3. The van der Waals surface area contributed by atoms with Crippen molar-refractivity contribution in [3.63, 3.8) is 0 Å². The van der Waals surface area contributed by atoms with Gasteiger partial charge in [0.2, 0.25) is 5.91 Å². The van der Waals surface area contributed by atoms with E-state index in [0.717, 1.165) is 11.3 Å². The molecule has 0 heterocycles. The first-order valence-electron chi connectivity index (χ1n) is 8.36. The minimum Gasteiger partial charge on any atom is -0.493 e. The topological polar surface area (TPSA) is 64.3 Å². The zero-order chi connectivity index (χ0) is 17.4. The van der Waals surface area contributed by atoms with Crippen LogP contribution in [0.3, 0.4) is 0 Å². The van der Waals surface area contributed by atoms with Crippen LogP contribution in [0, 0.1) is 0 Å². The lowest BCUT2D eigenvalue weighted by molar-refractivity contribution is -0.121. The molecule has 136 valence electrons. The van der Waals surface area contributed by atoms with Gasteiger partial charge >= 0.3 is 0 Å². The predicted octanol–water partition coefficient (Wildman–Crippen LogP) is 3.82. The standard InChI is InChI=1S/C20H26N2O2.ClH/c1-15(2)16-8-10-17(11-9-16)19(21)14-22-20(23)12-13-24-18-6-4-3-5-7-18;/h3-11,15,19H,12-14,21H2,1-2H3,(H,22,23);1H. The molecule has 0 fully saturated rings. The maximum absolute atomic E-state index is 11.9. The number of carbonyl (C=O) groups is 1. The lowest BCUT2D eigenvalue weighted by Gasteiger charge is -2.15. The Morgan fingerprint density at radius 1 is 1.04 bits per heavy atom. The average molecular weight is 363 g/mol. The summed E-state index contributed by atoms with van der Waals surface area (Å²) in [5.41, 5.74) is 8.46. The Bertz CT molecular complexity index is 630. The smallest absolute Gasteiger partial charge is 0.223 e. The summed E-state index contributed by atoms with van der Waals surface area (Å²) in [4.78, 5) is 11.9. The first-order chi connectivity index (χ1) is 11.6. The van der Waals surface area contributed by atoms with Gasteiger partial charge < -0.3 is 15.8 Å². The second kappa shape index (κ2) is 10.7. The first kappa shape index (κ1) is 21.0. The van der Waals surface area contributed by atoms with E-state index in [0.29, 0.717) is 25.5 Å². The molecule has 2 aromatic rings. The third-order valence-electron chi connectivity index (χ3n) is 3.89.